The zero-order valence-corrected chi connectivity index (χ0v) is 15.4. The highest BCUT2D eigenvalue weighted by Crippen LogP contribution is 2.50. The first kappa shape index (κ1) is 20.7. The van der Waals surface area contributed by atoms with E-state index >= 15 is 0 Å². The molecule has 2 aromatic rings. The molecule has 154 valence electrons. The predicted octanol–water partition coefficient (Wildman–Crippen LogP) is 3.95. The van der Waals surface area contributed by atoms with Gasteiger partial charge < -0.3 is 11.1 Å². The van der Waals surface area contributed by atoms with E-state index in [1.807, 2.05) is 0 Å². The number of anilines is 1. The summed E-state index contributed by atoms with van der Waals surface area (Å²) < 4.78 is 71.2. The van der Waals surface area contributed by atoms with Crippen molar-refractivity contribution in [2.75, 3.05) is 5.32 Å². The van der Waals surface area contributed by atoms with Crippen LogP contribution in [0.4, 0.5) is 27.6 Å². The summed E-state index contributed by atoms with van der Waals surface area (Å²) in [5.74, 6) is -6.86. The molecule has 10 heteroatoms. The Morgan fingerprint density at radius 1 is 1.14 bits per heavy atom. The predicted molar refractivity (Wildman–Crippen MR) is 96.6 cm³/mol. The van der Waals surface area contributed by atoms with Crippen LogP contribution in [0.1, 0.15) is 36.3 Å². The van der Waals surface area contributed by atoms with Gasteiger partial charge in [-0.1, -0.05) is 0 Å². The average molecular weight is 412 g/mol. The molecule has 1 aliphatic heterocycles. The number of amidine groups is 1. The normalized spacial score (nSPS) is 26.0. The van der Waals surface area contributed by atoms with Crippen molar-refractivity contribution in [3.8, 4) is 0 Å². The number of hydrogen-bond acceptors (Lipinski definition) is 4. The number of alkyl halides is 3. The number of rotatable bonds is 3. The fourth-order valence-corrected chi connectivity index (χ4v) is 3.06. The molecule has 29 heavy (non-hydrogen) atoms. The highest BCUT2D eigenvalue weighted by Gasteiger charge is 2.60. The second-order valence-electron chi connectivity index (χ2n) is 7.16. The molecule has 0 spiro atoms. The molecule has 0 bridgehead atoms. The molecule has 0 fully saturated rings. The van der Waals surface area contributed by atoms with Crippen LogP contribution in [-0.4, -0.2) is 28.3 Å². The van der Waals surface area contributed by atoms with E-state index in [2.05, 4.69) is 15.3 Å². The van der Waals surface area contributed by atoms with Crippen LogP contribution in [0.2, 0.25) is 0 Å². The summed E-state index contributed by atoms with van der Waals surface area (Å²) in [6, 6.07) is 5.14. The third-order valence-electron chi connectivity index (χ3n) is 4.85. The number of carbonyl (C=O) groups is 1. The monoisotopic (exact) mass is 412 g/mol. The van der Waals surface area contributed by atoms with Crippen molar-refractivity contribution in [1.82, 2.24) is 4.98 Å². The van der Waals surface area contributed by atoms with E-state index in [0.717, 1.165) is 50.4 Å². The second-order valence-corrected chi connectivity index (χ2v) is 7.16. The van der Waals surface area contributed by atoms with Crippen molar-refractivity contribution < 1.29 is 26.7 Å². The van der Waals surface area contributed by atoms with Crippen LogP contribution in [0.15, 0.2) is 41.5 Å². The first-order chi connectivity index (χ1) is 13.4. The average Bonchev–Trinajstić information content (AvgIpc) is 2.61. The quantitative estimate of drug-likeness (QED) is 0.750. The minimum Gasteiger partial charge on any atom is -0.385 e. The van der Waals surface area contributed by atoms with E-state index < -0.39 is 52.5 Å². The number of aliphatic imine (C=N–C) groups is 1. The summed E-state index contributed by atoms with van der Waals surface area (Å²) >= 11 is 0. The molecule has 0 saturated carbocycles. The highest BCUT2D eigenvalue weighted by atomic mass is 19.3. The molecule has 0 unspecified atom stereocenters. The van der Waals surface area contributed by atoms with Gasteiger partial charge in [0.05, 0.1) is 12.6 Å². The van der Waals surface area contributed by atoms with E-state index in [-0.39, 0.29) is 11.4 Å². The Morgan fingerprint density at radius 2 is 1.83 bits per heavy atom. The van der Waals surface area contributed by atoms with E-state index in [4.69, 9.17) is 5.73 Å². The number of aromatic nitrogens is 1. The molecule has 0 aliphatic carbocycles. The van der Waals surface area contributed by atoms with E-state index in [1.54, 1.807) is 0 Å². The molecule has 5 nitrogen and oxygen atoms in total. The van der Waals surface area contributed by atoms with Crippen LogP contribution in [0.3, 0.4) is 0 Å². The van der Waals surface area contributed by atoms with Crippen molar-refractivity contribution in [2.45, 2.75) is 37.4 Å². The van der Waals surface area contributed by atoms with Crippen LogP contribution in [0.5, 0.6) is 0 Å². The highest BCUT2D eigenvalue weighted by molar-refractivity contribution is 6.02. The minimum atomic E-state index is -3.76. The lowest BCUT2D eigenvalue weighted by molar-refractivity contribution is -0.106. The fourth-order valence-electron chi connectivity index (χ4n) is 3.06. The van der Waals surface area contributed by atoms with Crippen molar-refractivity contribution in [3.05, 3.63) is 59.4 Å². The summed E-state index contributed by atoms with van der Waals surface area (Å²) in [7, 11) is 0. The maximum absolute atomic E-state index is 14.8. The number of hydrogen-bond donors (Lipinski definition) is 2. The third kappa shape index (κ3) is 3.66. The van der Waals surface area contributed by atoms with Gasteiger partial charge >= 0.3 is 0 Å². The van der Waals surface area contributed by atoms with E-state index in [9.17, 15) is 26.7 Å². The van der Waals surface area contributed by atoms with Gasteiger partial charge in [0.15, 0.2) is 11.2 Å². The topological polar surface area (TPSA) is 80.4 Å². The Kier molecular flexibility index (Phi) is 4.84. The van der Waals surface area contributed by atoms with Gasteiger partial charge in [-0.3, -0.25) is 9.79 Å². The van der Waals surface area contributed by atoms with Crippen LogP contribution in [0.25, 0.3) is 0 Å². The van der Waals surface area contributed by atoms with Crippen LogP contribution >= 0.6 is 0 Å². The lowest BCUT2D eigenvalue weighted by Gasteiger charge is -2.42. The Balaban J connectivity index is 2.00. The summed E-state index contributed by atoms with van der Waals surface area (Å²) in [4.78, 5) is 19.4. The van der Waals surface area contributed by atoms with Gasteiger partial charge in [-0.25, -0.2) is 26.9 Å². The Bertz CT molecular complexity index is 991. The van der Waals surface area contributed by atoms with Gasteiger partial charge in [-0.2, -0.15) is 0 Å². The number of nitrogens with zero attached hydrogens (tertiary/aromatic N) is 2. The smallest absolute Gasteiger partial charge is 0.280 e. The lowest BCUT2D eigenvalue weighted by atomic mass is 9.77. The zero-order chi connectivity index (χ0) is 21.6. The molecule has 3 N–H and O–H groups in total. The standard InChI is InChI=1S/C19H17F5N4O/c1-17(22)9-19(23,24)18(2,28-16(17)25)12-7-11(4-5-13(12)21)27-15(29)14-6-3-10(20)8-26-14/h3-8H,9H2,1-2H3,(H2,25,28)(H,27,29)/t17-,18-/m1/s1. The first-order valence-electron chi connectivity index (χ1n) is 8.51. The number of pyridine rings is 1. The minimum absolute atomic E-state index is 0.0306. The zero-order valence-electron chi connectivity index (χ0n) is 15.4. The van der Waals surface area contributed by atoms with Gasteiger partial charge in [0, 0.05) is 11.3 Å². The van der Waals surface area contributed by atoms with Crippen LogP contribution in [-0.2, 0) is 5.54 Å². The first-order valence-corrected chi connectivity index (χ1v) is 8.51. The van der Waals surface area contributed by atoms with Crippen molar-refractivity contribution in [2.24, 2.45) is 10.7 Å². The molecular weight excluding hydrogens is 395 g/mol. The second kappa shape index (κ2) is 6.78. The molecular formula is C19H17F5N4O. The van der Waals surface area contributed by atoms with Crippen molar-refractivity contribution in [3.63, 3.8) is 0 Å². The largest absolute Gasteiger partial charge is 0.385 e. The fraction of sp³-hybridized carbons (Fsp3) is 0.316. The number of nitrogens with two attached hydrogens (primary N) is 1. The van der Waals surface area contributed by atoms with E-state index in [1.165, 1.54) is 0 Å². The molecule has 0 radical (unpaired) electrons. The number of benzene rings is 1. The van der Waals surface area contributed by atoms with Crippen molar-refractivity contribution >= 4 is 17.4 Å². The van der Waals surface area contributed by atoms with Crippen LogP contribution in [0, 0.1) is 11.6 Å². The molecule has 0 saturated heterocycles. The summed E-state index contributed by atoms with van der Waals surface area (Å²) in [5, 5.41) is 2.37. The molecule has 1 aromatic carbocycles. The van der Waals surface area contributed by atoms with Gasteiger partial charge in [0.1, 0.15) is 23.2 Å². The SMILES string of the molecule is C[C@@]1(F)CC(F)(F)[C@@](C)(c2cc(NC(=O)c3ccc(F)cn3)ccc2F)N=C1N. The van der Waals surface area contributed by atoms with Gasteiger partial charge in [-0.05, 0) is 44.2 Å². The van der Waals surface area contributed by atoms with Gasteiger partial charge in [0.25, 0.3) is 11.8 Å². The van der Waals surface area contributed by atoms with Gasteiger partial charge in [0.2, 0.25) is 0 Å². The van der Waals surface area contributed by atoms with Crippen molar-refractivity contribution in [1.29, 1.82) is 0 Å². The Labute approximate surface area is 162 Å². The third-order valence-corrected chi connectivity index (χ3v) is 4.85. The maximum atomic E-state index is 14.8. The molecule has 2 atom stereocenters. The lowest BCUT2D eigenvalue weighted by Crippen LogP contribution is -2.56. The molecule has 1 amide bonds. The van der Waals surface area contributed by atoms with Crippen LogP contribution < -0.4 is 11.1 Å². The molecule has 2 heterocycles. The van der Waals surface area contributed by atoms with Gasteiger partial charge in [-0.15, -0.1) is 0 Å². The number of halogens is 5. The van der Waals surface area contributed by atoms with E-state index in [0.29, 0.717) is 0 Å². The summed E-state index contributed by atoms with van der Waals surface area (Å²) in [6.07, 6.45) is -0.443. The number of nitrogens with one attached hydrogen (secondary N) is 1. The molecule has 3 rings (SSSR count). The number of amides is 1. The molecule has 1 aliphatic rings. The Hall–Kier alpha value is -3.04. The Morgan fingerprint density at radius 3 is 2.45 bits per heavy atom. The molecule has 1 aromatic heterocycles. The maximum Gasteiger partial charge on any atom is 0.280 e. The summed E-state index contributed by atoms with van der Waals surface area (Å²) in [6.45, 7) is 1.82. The number of carbonyl (C=O) groups excluding carboxylic acids is 1. The summed E-state index contributed by atoms with van der Waals surface area (Å²) in [5.41, 5.74) is -0.244.